The van der Waals surface area contributed by atoms with Crippen molar-refractivity contribution in [2.75, 3.05) is 0 Å². The van der Waals surface area contributed by atoms with Crippen LogP contribution in [0.4, 0.5) is 0 Å². The molecule has 5 nitrogen and oxygen atoms in total. The van der Waals surface area contributed by atoms with Crippen molar-refractivity contribution in [1.82, 2.24) is 19.9 Å². The highest BCUT2D eigenvalue weighted by Crippen LogP contribution is 2.41. The summed E-state index contributed by atoms with van der Waals surface area (Å²) < 4.78 is 8.42. The molecule has 9 rings (SSSR count). The molecule has 0 saturated heterocycles. The number of rotatable bonds is 5. The summed E-state index contributed by atoms with van der Waals surface area (Å²) in [6, 6.07) is 49.4. The van der Waals surface area contributed by atoms with Crippen molar-refractivity contribution in [2.24, 2.45) is 0 Å². The molecule has 0 fully saturated rings. The lowest BCUT2D eigenvalue weighted by molar-refractivity contribution is 0.620. The number of hydrogen-bond acceptors (Lipinski definition) is 6. The number of fused-ring (bicyclic) bond motifs is 4. The number of nitrogens with zero attached hydrogens (tertiary/aromatic N) is 4. The second kappa shape index (κ2) is 10.9. The minimum absolute atomic E-state index is 0.628. The summed E-state index contributed by atoms with van der Waals surface area (Å²) in [5.41, 5.74) is 7.70. The van der Waals surface area contributed by atoms with Gasteiger partial charge >= 0.3 is 0 Å². The third-order valence-electron chi connectivity index (χ3n) is 8.18. The fraction of sp³-hybridized carbons (Fsp3) is 0. The first kappa shape index (κ1) is 26.4. The summed E-state index contributed by atoms with van der Waals surface area (Å²) in [5.74, 6) is 2.60. The van der Waals surface area contributed by atoms with Crippen molar-refractivity contribution in [1.29, 1.82) is 0 Å². The maximum atomic E-state index is 6.06. The van der Waals surface area contributed by atoms with Crippen molar-refractivity contribution < 1.29 is 4.42 Å². The van der Waals surface area contributed by atoms with Crippen LogP contribution in [0, 0.1) is 0 Å². The van der Waals surface area contributed by atoms with Gasteiger partial charge in [0.25, 0.3) is 0 Å². The summed E-state index contributed by atoms with van der Waals surface area (Å²) in [6.07, 6.45) is 0. The van der Waals surface area contributed by atoms with Gasteiger partial charge in [-0.1, -0.05) is 103 Å². The van der Waals surface area contributed by atoms with Gasteiger partial charge in [-0.15, -0.1) is 11.3 Å². The Morgan fingerprint density at radius 1 is 0.435 bits per heavy atom. The van der Waals surface area contributed by atoms with E-state index in [4.69, 9.17) is 24.4 Å². The first-order valence-electron chi connectivity index (χ1n) is 15.1. The van der Waals surface area contributed by atoms with E-state index in [0.29, 0.717) is 23.4 Å². The van der Waals surface area contributed by atoms with Gasteiger partial charge in [0.15, 0.2) is 23.1 Å². The van der Waals surface area contributed by atoms with Gasteiger partial charge in [-0.2, -0.15) is 0 Å². The van der Waals surface area contributed by atoms with Crippen LogP contribution in [0.2, 0.25) is 0 Å². The molecule has 0 aliphatic carbocycles. The minimum Gasteiger partial charge on any atom is -0.436 e. The monoisotopic (exact) mass is 608 g/mol. The first-order chi connectivity index (χ1) is 22.8. The van der Waals surface area contributed by atoms with Crippen LogP contribution < -0.4 is 0 Å². The number of hydrogen-bond donors (Lipinski definition) is 0. The molecule has 6 heteroatoms. The molecule has 216 valence electrons. The SMILES string of the molecule is c1ccc(-c2nc(-c3ccccc3)nc(-c3cccc4c3sc3ccc(-c5ccc6oc(-c7ccccc7)nc6c5)cc34)n2)cc1. The fourth-order valence-electron chi connectivity index (χ4n) is 5.89. The van der Waals surface area contributed by atoms with Gasteiger partial charge in [0.2, 0.25) is 5.89 Å². The molecule has 0 saturated carbocycles. The van der Waals surface area contributed by atoms with Crippen LogP contribution in [0.5, 0.6) is 0 Å². The summed E-state index contributed by atoms with van der Waals surface area (Å²) >= 11 is 1.77. The third-order valence-corrected chi connectivity index (χ3v) is 9.40. The van der Waals surface area contributed by atoms with Crippen molar-refractivity contribution in [3.63, 3.8) is 0 Å². The van der Waals surface area contributed by atoms with Gasteiger partial charge in [-0.3, -0.25) is 0 Å². The highest BCUT2D eigenvalue weighted by molar-refractivity contribution is 7.26. The van der Waals surface area contributed by atoms with E-state index in [-0.39, 0.29) is 0 Å². The number of oxazole rings is 1. The average Bonchev–Trinajstić information content (AvgIpc) is 3.74. The molecule has 9 aromatic rings. The predicted octanol–water partition coefficient (Wildman–Crippen LogP) is 10.7. The van der Waals surface area contributed by atoms with E-state index >= 15 is 0 Å². The van der Waals surface area contributed by atoms with Crippen molar-refractivity contribution in [3.8, 4) is 56.7 Å². The second-order valence-electron chi connectivity index (χ2n) is 11.1. The Kier molecular flexibility index (Phi) is 6.25. The summed E-state index contributed by atoms with van der Waals surface area (Å²) in [4.78, 5) is 19.7. The van der Waals surface area contributed by atoms with Crippen LogP contribution in [-0.4, -0.2) is 19.9 Å². The predicted molar refractivity (Wildman–Crippen MR) is 187 cm³/mol. The molecule has 0 spiro atoms. The van der Waals surface area contributed by atoms with Crippen LogP contribution >= 0.6 is 11.3 Å². The standard InChI is InChI=1S/C40H24N4OS/c1-4-11-25(12-5-1)37-42-38(26-13-6-2-7-14-26)44-39(43-37)31-18-10-17-30-32-23-28(20-22-35(32)46-36(30)31)29-19-21-34-33(24-29)41-40(45-34)27-15-8-3-9-16-27/h1-24H. The molecule has 0 aliphatic heterocycles. The van der Waals surface area contributed by atoms with Crippen molar-refractivity contribution in [3.05, 3.63) is 146 Å². The van der Waals surface area contributed by atoms with E-state index in [1.807, 2.05) is 97.1 Å². The molecular weight excluding hydrogens is 585 g/mol. The maximum Gasteiger partial charge on any atom is 0.227 e. The summed E-state index contributed by atoms with van der Waals surface area (Å²) in [5, 5.41) is 2.38. The lowest BCUT2D eigenvalue weighted by Gasteiger charge is -2.09. The molecule has 0 radical (unpaired) electrons. The molecular formula is C40H24N4OS. The van der Waals surface area contributed by atoms with E-state index in [1.165, 1.54) is 15.5 Å². The van der Waals surface area contributed by atoms with E-state index in [2.05, 4.69) is 48.5 Å². The maximum absolute atomic E-state index is 6.06. The number of benzene rings is 6. The van der Waals surface area contributed by atoms with Crippen LogP contribution in [-0.2, 0) is 0 Å². The molecule has 46 heavy (non-hydrogen) atoms. The zero-order valence-corrected chi connectivity index (χ0v) is 25.3. The number of thiophene rings is 1. The first-order valence-corrected chi connectivity index (χ1v) is 15.9. The molecule has 3 heterocycles. The fourth-order valence-corrected chi connectivity index (χ4v) is 7.09. The normalized spacial score (nSPS) is 11.5. The van der Waals surface area contributed by atoms with E-state index in [0.717, 1.165) is 49.2 Å². The Bertz CT molecular complexity index is 2470. The van der Waals surface area contributed by atoms with Gasteiger partial charge in [0.1, 0.15) is 5.52 Å². The molecule has 3 aromatic heterocycles. The van der Waals surface area contributed by atoms with E-state index in [1.54, 1.807) is 11.3 Å². The molecule has 0 amide bonds. The lowest BCUT2D eigenvalue weighted by Crippen LogP contribution is -2.00. The number of aromatic nitrogens is 4. The third kappa shape index (κ3) is 4.64. The van der Waals surface area contributed by atoms with Crippen molar-refractivity contribution >= 4 is 42.6 Å². The Balaban J connectivity index is 1.16. The smallest absolute Gasteiger partial charge is 0.227 e. The van der Waals surface area contributed by atoms with Crippen molar-refractivity contribution in [2.45, 2.75) is 0 Å². The van der Waals surface area contributed by atoms with Crippen LogP contribution in [0.3, 0.4) is 0 Å². The van der Waals surface area contributed by atoms with Gasteiger partial charge in [-0.05, 0) is 53.6 Å². The molecule has 0 unspecified atom stereocenters. The van der Waals surface area contributed by atoms with Crippen LogP contribution in [0.1, 0.15) is 0 Å². The van der Waals surface area contributed by atoms with E-state index in [9.17, 15) is 0 Å². The molecule has 0 aliphatic rings. The quantitative estimate of drug-likeness (QED) is 0.194. The summed E-state index contributed by atoms with van der Waals surface area (Å²) in [6.45, 7) is 0. The van der Waals surface area contributed by atoms with Gasteiger partial charge in [-0.25, -0.2) is 19.9 Å². The average molecular weight is 609 g/mol. The molecule has 0 bridgehead atoms. The minimum atomic E-state index is 0.628. The van der Waals surface area contributed by atoms with Gasteiger partial charge in [0.05, 0.1) is 0 Å². The van der Waals surface area contributed by atoms with Gasteiger partial charge in [0, 0.05) is 42.4 Å². The second-order valence-corrected chi connectivity index (χ2v) is 12.2. The molecule has 0 atom stereocenters. The highest BCUT2D eigenvalue weighted by atomic mass is 32.1. The zero-order valence-electron chi connectivity index (χ0n) is 24.5. The molecule has 0 N–H and O–H groups in total. The highest BCUT2D eigenvalue weighted by Gasteiger charge is 2.17. The lowest BCUT2D eigenvalue weighted by atomic mass is 10.0. The van der Waals surface area contributed by atoms with E-state index < -0.39 is 0 Å². The Labute approximate surface area is 268 Å². The summed E-state index contributed by atoms with van der Waals surface area (Å²) in [7, 11) is 0. The Morgan fingerprint density at radius 3 is 1.74 bits per heavy atom. The van der Waals surface area contributed by atoms with Crippen LogP contribution in [0.25, 0.3) is 88.0 Å². The topological polar surface area (TPSA) is 64.7 Å². The van der Waals surface area contributed by atoms with Crippen LogP contribution in [0.15, 0.2) is 150 Å². The molecule has 6 aromatic carbocycles. The largest absolute Gasteiger partial charge is 0.436 e. The Hall–Kier alpha value is -5.98. The van der Waals surface area contributed by atoms with Gasteiger partial charge < -0.3 is 4.42 Å². The Morgan fingerprint density at radius 2 is 1.04 bits per heavy atom. The zero-order chi connectivity index (χ0) is 30.5.